The lowest BCUT2D eigenvalue weighted by molar-refractivity contribution is 0.270. The molecule has 0 unspecified atom stereocenters. The van der Waals surface area contributed by atoms with Crippen molar-refractivity contribution in [1.29, 1.82) is 0 Å². The molecule has 7 nitrogen and oxygen atoms in total. The van der Waals surface area contributed by atoms with Crippen molar-refractivity contribution in [2.24, 2.45) is 0 Å². The van der Waals surface area contributed by atoms with Crippen molar-refractivity contribution in [2.45, 2.75) is 20.4 Å². The standard InChI is InChI=1S/C21H23BrN2O5/c1-3-28-19-10-13(5-6-18(19)26)17-12-16(23-24(17)7-8-25)14-9-15(22)21(27)20(11-14)29-4-2/h5-6,9-12,25-27H,3-4,7-8H2,1-2H3. The molecule has 1 heterocycles. The van der Waals surface area contributed by atoms with Gasteiger partial charge >= 0.3 is 0 Å². The molecule has 0 spiro atoms. The zero-order chi connectivity index (χ0) is 21.0. The van der Waals surface area contributed by atoms with Crippen molar-refractivity contribution >= 4 is 15.9 Å². The molecular weight excluding hydrogens is 440 g/mol. The Bertz CT molecular complexity index is 1000. The topological polar surface area (TPSA) is 97.0 Å². The third-order valence-electron chi connectivity index (χ3n) is 4.27. The molecule has 3 aromatic rings. The number of halogens is 1. The van der Waals surface area contributed by atoms with Gasteiger partial charge in [0.05, 0.1) is 42.2 Å². The summed E-state index contributed by atoms with van der Waals surface area (Å²) in [6, 6.07) is 10.4. The molecule has 0 fully saturated rings. The first kappa shape index (κ1) is 21.0. The summed E-state index contributed by atoms with van der Waals surface area (Å²) in [4.78, 5) is 0. The Morgan fingerprint density at radius 3 is 2.34 bits per heavy atom. The number of benzene rings is 2. The summed E-state index contributed by atoms with van der Waals surface area (Å²) in [7, 11) is 0. The van der Waals surface area contributed by atoms with E-state index in [0.717, 1.165) is 16.8 Å². The van der Waals surface area contributed by atoms with Crippen molar-refractivity contribution in [3.8, 4) is 45.5 Å². The van der Waals surface area contributed by atoms with E-state index in [9.17, 15) is 15.3 Å². The van der Waals surface area contributed by atoms with Crippen LogP contribution in [0.25, 0.3) is 22.5 Å². The summed E-state index contributed by atoms with van der Waals surface area (Å²) in [5, 5.41) is 34.2. The van der Waals surface area contributed by atoms with E-state index < -0.39 is 0 Å². The Morgan fingerprint density at radius 2 is 1.66 bits per heavy atom. The fraction of sp³-hybridized carbons (Fsp3) is 0.286. The van der Waals surface area contributed by atoms with Crippen LogP contribution in [-0.4, -0.2) is 44.9 Å². The van der Waals surface area contributed by atoms with Gasteiger partial charge in [-0.1, -0.05) is 0 Å². The number of hydrogen-bond acceptors (Lipinski definition) is 6. The van der Waals surface area contributed by atoms with Gasteiger partial charge in [-0.05, 0) is 66.2 Å². The SMILES string of the molecule is CCOc1cc(-c2cc(-c3cc(Br)c(O)c(OCC)c3)nn2CCO)ccc1O. The molecule has 0 radical (unpaired) electrons. The molecule has 0 aliphatic heterocycles. The maximum Gasteiger partial charge on any atom is 0.172 e. The molecular formula is C21H23BrN2O5. The molecule has 1 aromatic heterocycles. The molecule has 3 rings (SSSR count). The van der Waals surface area contributed by atoms with Crippen molar-refractivity contribution in [3.05, 3.63) is 40.9 Å². The van der Waals surface area contributed by atoms with E-state index in [4.69, 9.17) is 9.47 Å². The van der Waals surface area contributed by atoms with E-state index in [1.165, 1.54) is 0 Å². The van der Waals surface area contributed by atoms with E-state index in [2.05, 4.69) is 21.0 Å². The van der Waals surface area contributed by atoms with Gasteiger partial charge in [0.25, 0.3) is 0 Å². The number of aromatic nitrogens is 2. The van der Waals surface area contributed by atoms with Crippen LogP contribution in [0.2, 0.25) is 0 Å². The summed E-state index contributed by atoms with van der Waals surface area (Å²) in [6.45, 7) is 4.76. The number of ether oxygens (including phenoxy) is 2. The summed E-state index contributed by atoms with van der Waals surface area (Å²) in [5.41, 5.74) is 2.96. The summed E-state index contributed by atoms with van der Waals surface area (Å²) in [6.07, 6.45) is 0. The first-order valence-corrected chi connectivity index (χ1v) is 10.1. The first-order valence-electron chi connectivity index (χ1n) is 9.29. The lowest BCUT2D eigenvalue weighted by Gasteiger charge is -2.10. The average Bonchev–Trinajstić information content (AvgIpc) is 3.11. The molecule has 8 heteroatoms. The number of rotatable bonds is 8. The average molecular weight is 463 g/mol. The van der Waals surface area contributed by atoms with Crippen LogP contribution >= 0.6 is 15.9 Å². The number of aliphatic hydroxyl groups is 1. The Labute approximate surface area is 177 Å². The first-order chi connectivity index (χ1) is 14.0. The Hall–Kier alpha value is -2.71. The second-order valence-corrected chi connectivity index (χ2v) is 7.07. The number of aromatic hydroxyl groups is 2. The van der Waals surface area contributed by atoms with Gasteiger partial charge in [-0.25, -0.2) is 0 Å². The highest BCUT2D eigenvalue weighted by molar-refractivity contribution is 9.10. The van der Waals surface area contributed by atoms with Gasteiger partial charge in [-0.3, -0.25) is 4.68 Å². The molecule has 0 bridgehead atoms. The molecule has 0 aliphatic carbocycles. The number of nitrogens with zero attached hydrogens (tertiary/aromatic N) is 2. The van der Waals surface area contributed by atoms with E-state index in [-0.39, 0.29) is 18.1 Å². The molecule has 0 saturated heterocycles. The highest BCUT2D eigenvalue weighted by Crippen LogP contribution is 2.40. The molecule has 0 atom stereocenters. The summed E-state index contributed by atoms with van der Waals surface area (Å²) >= 11 is 3.35. The van der Waals surface area contributed by atoms with E-state index in [1.54, 1.807) is 35.0 Å². The Balaban J connectivity index is 2.10. The lowest BCUT2D eigenvalue weighted by Crippen LogP contribution is -2.06. The number of phenolic OH excluding ortho intramolecular Hbond substituents is 2. The highest BCUT2D eigenvalue weighted by Gasteiger charge is 2.16. The second-order valence-electron chi connectivity index (χ2n) is 6.21. The minimum Gasteiger partial charge on any atom is -0.504 e. The molecule has 0 aliphatic rings. The fourth-order valence-corrected chi connectivity index (χ4v) is 3.43. The number of hydrogen-bond donors (Lipinski definition) is 3. The van der Waals surface area contributed by atoms with Crippen LogP contribution in [0.3, 0.4) is 0 Å². The highest BCUT2D eigenvalue weighted by atomic mass is 79.9. The van der Waals surface area contributed by atoms with Gasteiger partial charge in [-0.15, -0.1) is 0 Å². The minimum absolute atomic E-state index is 0.0329. The van der Waals surface area contributed by atoms with Gasteiger partial charge in [0.15, 0.2) is 23.0 Å². The van der Waals surface area contributed by atoms with Crippen molar-refractivity contribution < 1.29 is 24.8 Å². The third kappa shape index (κ3) is 4.49. The van der Waals surface area contributed by atoms with Crippen molar-refractivity contribution in [3.63, 3.8) is 0 Å². The Morgan fingerprint density at radius 1 is 0.966 bits per heavy atom. The van der Waals surface area contributed by atoms with Crippen LogP contribution in [-0.2, 0) is 6.54 Å². The molecule has 3 N–H and O–H groups in total. The molecule has 0 saturated carbocycles. The quantitative estimate of drug-likeness (QED) is 0.464. The zero-order valence-corrected chi connectivity index (χ0v) is 17.8. The smallest absolute Gasteiger partial charge is 0.172 e. The fourth-order valence-electron chi connectivity index (χ4n) is 2.99. The maximum absolute atomic E-state index is 10.2. The van der Waals surface area contributed by atoms with E-state index >= 15 is 0 Å². The van der Waals surface area contributed by atoms with Crippen LogP contribution in [0.5, 0.6) is 23.0 Å². The van der Waals surface area contributed by atoms with Gasteiger partial charge in [-0.2, -0.15) is 5.10 Å². The number of phenols is 2. The largest absolute Gasteiger partial charge is 0.504 e. The Kier molecular flexibility index (Phi) is 6.66. The normalized spacial score (nSPS) is 10.9. The van der Waals surface area contributed by atoms with Gasteiger partial charge in [0, 0.05) is 11.1 Å². The van der Waals surface area contributed by atoms with Crippen LogP contribution in [0.15, 0.2) is 40.9 Å². The lowest BCUT2D eigenvalue weighted by atomic mass is 10.1. The van der Waals surface area contributed by atoms with Gasteiger partial charge in [0.1, 0.15) is 0 Å². The van der Waals surface area contributed by atoms with Gasteiger partial charge in [0.2, 0.25) is 0 Å². The third-order valence-corrected chi connectivity index (χ3v) is 4.88. The van der Waals surface area contributed by atoms with Crippen LogP contribution < -0.4 is 9.47 Å². The maximum atomic E-state index is 10.2. The van der Waals surface area contributed by atoms with E-state index in [0.29, 0.717) is 41.4 Å². The predicted molar refractivity (Wildman–Crippen MR) is 114 cm³/mol. The number of aliphatic hydroxyl groups excluding tert-OH is 1. The zero-order valence-electron chi connectivity index (χ0n) is 16.2. The minimum atomic E-state index is -0.0754. The molecule has 154 valence electrons. The van der Waals surface area contributed by atoms with Crippen molar-refractivity contribution in [1.82, 2.24) is 9.78 Å². The van der Waals surface area contributed by atoms with Crippen molar-refractivity contribution in [2.75, 3.05) is 19.8 Å². The molecule has 0 amide bonds. The molecule has 2 aromatic carbocycles. The summed E-state index contributed by atoms with van der Waals surface area (Å²) in [5.74, 6) is 0.839. The monoisotopic (exact) mass is 462 g/mol. The molecule has 29 heavy (non-hydrogen) atoms. The van der Waals surface area contributed by atoms with Crippen LogP contribution in [0.1, 0.15) is 13.8 Å². The summed E-state index contributed by atoms with van der Waals surface area (Å²) < 4.78 is 13.2. The predicted octanol–water partition coefficient (Wildman–Crippen LogP) is 4.18. The van der Waals surface area contributed by atoms with Crippen LogP contribution in [0, 0.1) is 0 Å². The second kappa shape index (κ2) is 9.19. The van der Waals surface area contributed by atoms with Gasteiger partial charge < -0.3 is 24.8 Å². The van der Waals surface area contributed by atoms with E-state index in [1.807, 2.05) is 19.9 Å². The van der Waals surface area contributed by atoms with Crippen LogP contribution in [0.4, 0.5) is 0 Å².